The lowest BCUT2D eigenvalue weighted by Crippen LogP contribution is -2.47. The molecule has 0 unspecified atom stereocenters. The van der Waals surface area contributed by atoms with Gasteiger partial charge < -0.3 is 15.1 Å². The van der Waals surface area contributed by atoms with Crippen molar-refractivity contribution in [2.45, 2.75) is 25.3 Å². The van der Waals surface area contributed by atoms with Gasteiger partial charge in [0.15, 0.2) is 0 Å². The van der Waals surface area contributed by atoms with Crippen LogP contribution in [-0.2, 0) is 11.2 Å². The van der Waals surface area contributed by atoms with E-state index in [1.165, 1.54) is 11.3 Å². The Morgan fingerprint density at radius 2 is 2.04 bits per heavy atom. The highest BCUT2D eigenvalue weighted by atomic mass is 16.4. The van der Waals surface area contributed by atoms with Crippen molar-refractivity contribution in [2.75, 3.05) is 31.1 Å². The molecule has 2 aliphatic heterocycles. The van der Waals surface area contributed by atoms with Gasteiger partial charge in [-0.15, -0.1) is 0 Å². The highest BCUT2D eigenvalue weighted by molar-refractivity contribution is 6.00. The molecule has 2 N–H and O–H groups in total. The van der Waals surface area contributed by atoms with E-state index in [0.29, 0.717) is 6.04 Å². The fourth-order valence-corrected chi connectivity index (χ4v) is 4.09. The Bertz CT molecular complexity index is 784. The Balaban J connectivity index is 1.61. The van der Waals surface area contributed by atoms with Crippen LogP contribution in [0.5, 0.6) is 5.88 Å². The zero-order valence-corrected chi connectivity index (χ0v) is 13.5. The van der Waals surface area contributed by atoms with Gasteiger partial charge in [-0.05, 0) is 37.0 Å². The molecular weight excluding hydrogens is 306 g/mol. The van der Waals surface area contributed by atoms with Gasteiger partial charge in [0.25, 0.3) is 0 Å². The molecular formula is C18H21N3O3. The van der Waals surface area contributed by atoms with Crippen molar-refractivity contribution < 1.29 is 15.0 Å². The summed E-state index contributed by atoms with van der Waals surface area (Å²) in [6.07, 6.45) is 4.65. The van der Waals surface area contributed by atoms with Gasteiger partial charge in [-0.1, -0.05) is 6.07 Å². The van der Waals surface area contributed by atoms with Crippen molar-refractivity contribution in [3.8, 4) is 5.88 Å². The fourth-order valence-electron chi connectivity index (χ4n) is 4.09. The average Bonchev–Trinajstić information content (AvgIpc) is 2.58. The number of anilines is 1. The predicted octanol–water partition coefficient (Wildman–Crippen LogP) is 1.85. The molecule has 0 saturated carbocycles. The molecule has 1 aromatic heterocycles. The van der Waals surface area contributed by atoms with Crippen LogP contribution in [0.15, 0.2) is 24.4 Å². The Hall–Kier alpha value is -2.34. The quantitative estimate of drug-likeness (QED) is 0.896. The number of benzene rings is 1. The molecule has 0 radical (unpaired) electrons. The molecule has 0 spiro atoms. The molecule has 4 rings (SSSR count). The van der Waals surface area contributed by atoms with Gasteiger partial charge in [-0.3, -0.25) is 9.69 Å². The van der Waals surface area contributed by atoms with E-state index in [0.717, 1.165) is 49.7 Å². The predicted molar refractivity (Wildman–Crippen MR) is 91.6 cm³/mol. The molecule has 0 atom stereocenters. The molecule has 6 nitrogen and oxygen atoms in total. The lowest BCUT2D eigenvalue weighted by molar-refractivity contribution is -0.138. The van der Waals surface area contributed by atoms with E-state index in [-0.39, 0.29) is 12.4 Å². The Morgan fingerprint density at radius 1 is 1.25 bits per heavy atom. The van der Waals surface area contributed by atoms with E-state index >= 15 is 0 Å². The smallest absolute Gasteiger partial charge is 0.317 e. The van der Waals surface area contributed by atoms with Crippen LogP contribution < -0.4 is 4.90 Å². The minimum Gasteiger partial charge on any atom is -0.493 e. The summed E-state index contributed by atoms with van der Waals surface area (Å²) in [4.78, 5) is 19.4. The summed E-state index contributed by atoms with van der Waals surface area (Å²) in [5, 5.41) is 20.9. The monoisotopic (exact) mass is 327 g/mol. The highest BCUT2D eigenvalue weighted by Gasteiger charge is 2.29. The third-order valence-corrected chi connectivity index (χ3v) is 5.24. The molecule has 3 heterocycles. The summed E-state index contributed by atoms with van der Waals surface area (Å²) < 4.78 is 0. The van der Waals surface area contributed by atoms with Crippen molar-refractivity contribution in [2.24, 2.45) is 0 Å². The number of carboxylic acid groups (broad SMARTS) is 1. The van der Waals surface area contributed by atoms with Gasteiger partial charge in [0.2, 0.25) is 5.88 Å². The Morgan fingerprint density at radius 3 is 2.79 bits per heavy atom. The number of likely N-dealkylation sites (tertiary alicyclic amines) is 1. The van der Waals surface area contributed by atoms with Crippen molar-refractivity contribution in [1.29, 1.82) is 0 Å². The van der Waals surface area contributed by atoms with Gasteiger partial charge >= 0.3 is 5.97 Å². The van der Waals surface area contributed by atoms with Crippen molar-refractivity contribution in [3.63, 3.8) is 0 Å². The van der Waals surface area contributed by atoms with Crippen LogP contribution in [0.1, 0.15) is 18.4 Å². The van der Waals surface area contributed by atoms with Crippen LogP contribution in [0.3, 0.4) is 0 Å². The molecule has 24 heavy (non-hydrogen) atoms. The van der Waals surface area contributed by atoms with Crippen molar-refractivity contribution in [3.05, 3.63) is 30.0 Å². The Kier molecular flexibility index (Phi) is 3.76. The molecule has 126 valence electrons. The van der Waals surface area contributed by atoms with Gasteiger partial charge in [0.1, 0.15) is 0 Å². The number of aliphatic carboxylic acids is 1. The molecule has 6 heteroatoms. The van der Waals surface area contributed by atoms with Crippen molar-refractivity contribution >= 4 is 22.4 Å². The number of carboxylic acids is 1. The number of rotatable bonds is 3. The SMILES string of the molecule is O=C(O)CN1CCC(N2CCc3cnc(O)c4cccc2c34)CC1. The second kappa shape index (κ2) is 5.94. The fraction of sp³-hybridized carbons (Fsp3) is 0.444. The van der Waals surface area contributed by atoms with E-state index in [4.69, 9.17) is 5.11 Å². The molecule has 0 bridgehead atoms. The van der Waals surface area contributed by atoms with E-state index in [2.05, 4.69) is 16.0 Å². The second-order valence-corrected chi connectivity index (χ2v) is 6.65. The lowest BCUT2D eigenvalue weighted by atomic mass is 9.94. The summed E-state index contributed by atoms with van der Waals surface area (Å²) in [6.45, 7) is 2.71. The lowest BCUT2D eigenvalue weighted by Gasteiger charge is -2.41. The summed E-state index contributed by atoms with van der Waals surface area (Å²) in [5.74, 6) is -0.665. The normalized spacial score (nSPS) is 18.9. The van der Waals surface area contributed by atoms with Gasteiger partial charge in [-0.25, -0.2) is 4.98 Å². The first-order valence-corrected chi connectivity index (χ1v) is 8.44. The number of aromatic nitrogens is 1. The van der Waals surface area contributed by atoms with Gasteiger partial charge in [-0.2, -0.15) is 0 Å². The Labute approximate surface area is 140 Å². The second-order valence-electron chi connectivity index (χ2n) is 6.65. The summed E-state index contributed by atoms with van der Waals surface area (Å²) >= 11 is 0. The maximum Gasteiger partial charge on any atom is 0.317 e. The van der Waals surface area contributed by atoms with Crippen LogP contribution in [0.25, 0.3) is 10.8 Å². The maximum absolute atomic E-state index is 10.9. The summed E-state index contributed by atoms with van der Waals surface area (Å²) in [5.41, 5.74) is 2.36. The summed E-state index contributed by atoms with van der Waals surface area (Å²) in [6, 6.07) is 6.43. The van der Waals surface area contributed by atoms with Crippen LogP contribution >= 0.6 is 0 Å². The van der Waals surface area contributed by atoms with E-state index in [1.807, 2.05) is 17.0 Å². The van der Waals surface area contributed by atoms with Crippen LogP contribution in [0.2, 0.25) is 0 Å². The number of nitrogens with zero attached hydrogens (tertiary/aromatic N) is 3. The van der Waals surface area contributed by atoms with Crippen molar-refractivity contribution in [1.82, 2.24) is 9.88 Å². The number of carbonyl (C=O) groups is 1. The maximum atomic E-state index is 10.9. The molecule has 1 fully saturated rings. The molecule has 2 aliphatic rings. The number of aromatic hydroxyl groups is 1. The van der Waals surface area contributed by atoms with Gasteiger partial charge in [0.05, 0.1) is 6.54 Å². The number of hydrogen-bond acceptors (Lipinski definition) is 5. The molecule has 1 aromatic carbocycles. The average molecular weight is 327 g/mol. The van der Waals surface area contributed by atoms with Crippen LogP contribution in [0, 0.1) is 0 Å². The van der Waals surface area contributed by atoms with Crippen LogP contribution in [-0.4, -0.2) is 58.3 Å². The van der Waals surface area contributed by atoms with E-state index in [1.54, 1.807) is 6.20 Å². The van der Waals surface area contributed by atoms with Gasteiger partial charge in [0, 0.05) is 48.3 Å². The number of hydrogen-bond donors (Lipinski definition) is 2. The molecule has 2 aromatic rings. The molecule has 0 amide bonds. The first-order chi connectivity index (χ1) is 11.6. The summed E-state index contributed by atoms with van der Waals surface area (Å²) in [7, 11) is 0. The minimum absolute atomic E-state index is 0.0914. The largest absolute Gasteiger partial charge is 0.493 e. The zero-order valence-electron chi connectivity index (χ0n) is 13.5. The zero-order chi connectivity index (χ0) is 16.7. The number of pyridine rings is 1. The standard InChI is InChI=1S/C18H21N3O3/c22-16(23)11-20-7-5-13(6-8-20)21-9-4-12-10-19-18(24)14-2-1-3-15(21)17(12)14/h1-3,10,13H,4-9,11H2,(H,19,24)(H,22,23). The van der Waals surface area contributed by atoms with E-state index < -0.39 is 5.97 Å². The van der Waals surface area contributed by atoms with E-state index in [9.17, 15) is 9.90 Å². The third kappa shape index (κ3) is 2.57. The number of piperidine rings is 1. The first-order valence-electron chi connectivity index (χ1n) is 8.44. The minimum atomic E-state index is -0.756. The first kappa shape index (κ1) is 15.2. The molecule has 1 saturated heterocycles. The molecule has 0 aliphatic carbocycles. The third-order valence-electron chi connectivity index (χ3n) is 5.24. The van der Waals surface area contributed by atoms with Crippen LogP contribution in [0.4, 0.5) is 5.69 Å². The highest BCUT2D eigenvalue weighted by Crippen LogP contribution is 2.38. The topological polar surface area (TPSA) is 76.9 Å².